The van der Waals surface area contributed by atoms with E-state index in [1.54, 1.807) is 11.3 Å². The first-order chi connectivity index (χ1) is 9.74. The monoisotopic (exact) mass is 281 g/mol. The Bertz CT molecular complexity index is 794. The molecule has 1 fully saturated rings. The lowest BCUT2D eigenvalue weighted by molar-refractivity contribution is 0.0970. The van der Waals surface area contributed by atoms with Crippen molar-refractivity contribution < 1.29 is 4.79 Å². The third kappa shape index (κ3) is 1.81. The summed E-state index contributed by atoms with van der Waals surface area (Å²) in [5.74, 6) is 0.554. The summed E-state index contributed by atoms with van der Waals surface area (Å²) in [7, 11) is 0. The lowest BCUT2D eigenvalue weighted by Crippen LogP contribution is -2.02. The Hall–Kier alpha value is -1.87. The highest BCUT2D eigenvalue weighted by Crippen LogP contribution is 2.40. The van der Waals surface area contributed by atoms with E-state index in [-0.39, 0.29) is 5.92 Å². The molecule has 1 saturated carbocycles. The van der Waals surface area contributed by atoms with Gasteiger partial charge in [-0.2, -0.15) is 0 Å². The molecule has 0 radical (unpaired) electrons. The Labute approximate surface area is 121 Å². The smallest absolute Gasteiger partial charge is 0.168 e. The summed E-state index contributed by atoms with van der Waals surface area (Å²) in [5.41, 5.74) is 4.15. The van der Waals surface area contributed by atoms with Crippen molar-refractivity contribution in [3.8, 4) is 10.6 Å². The van der Waals surface area contributed by atoms with Crippen molar-refractivity contribution in [2.24, 2.45) is 5.92 Å². The topological polar surface area (TPSA) is 32.9 Å². The van der Waals surface area contributed by atoms with Gasteiger partial charge in [0.15, 0.2) is 5.78 Å². The van der Waals surface area contributed by atoms with Crippen LogP contribution >= 0.6 is 11.3 Å². The van der Waals surface area contributed by atoms with E-state index in [2.05, 4.69) is 41.6 Å². The summed E-state index contributed by atoms with van der Waals surface area (Å²) in [5, 5.41) is 3.13. The normalized spacial score (nSPS) is 14.8. The average Bonchev–Trinajstić information content (AvgIpc) is 3.01. The quantitative estimate of drug-likeness (QED) is 0.687. The van der Waals surface area contributed by atoms with Crippen molar-refractivity contribution in [3.05, 3.63) is 46.8 Å². The second-order valence-electron chi connectivity index (χ2n) is 5.54. The van der Waals surface area contributed by atoms with Crippen LogP contribution in [0.1, 0.15) is 28.8 Å². The van der Waals surface area contributed by atoms with Crippen molar-refractivity contribution in [1.29, 1.82) is 0 Å². The van der Waals surface area contributed by atoms with Crippen molar-refractivity contribution in [1.82, 2.24) is 4.98 Å². The minimum atomic E-state index is 0.244. The van der Waals surface area contributed by atoms with E-state index in [0.29, 0.717) is 5.78 Å². The molecule has 0 unspecified atom stereocenters. The molecule has 100 valence electrons. The fourth-order valence-electron chi connectivity index (χ4n) is 2.72. The van der Waals surface area contributed by atoms with Crippen LogP contribution in [-0.4, -0.2) is 10.8 Å². The number of hydrogen-bond donors (Lipinski definition) is 1. The Morgan fingerprint density at radius 2 is 2.15 bits per heavy atom. The summed E-state index contributed by atoms with van der Waals surface area (Å²) >= 11 is 1.68. The number of benzene rings is 1. The zero-order chi connectivity index (χ0) is 13.7. The van der Waals surface area contributed by atoms with Gasteiger partial charge in [-0.25, -0.2) is 0 Å². The molecule has 2 nitrogen and oxygen atoms in total. The molecule has 0 aliphatic heterocycles. The molecule has 2 aromatic heterocycles. The average molecular weight is 281 g/mol. The molecule has 1 aliphatic rings. The number of hydrogen-bond acceptors (Lipinski definition) is 2. The molecule has 1 N–H and O–H groups in total. The van der Waals surface area contributed by atoms with E-state index in [0.717, 1.165) is 39.9 Å². The Balaban J connectivity index is 2.01. The van der Waals surface area contributed by atoms with Gasteiger partial charge in [-0.3, -0.25) is 4.79 Å². The highest BCUT2D eigenvalue weighted by molar-refractivity contribution is 7.13. The van der Waals surface area contributed by atoms with Crippen molar-refractivity contribution in [3.63, 3.8) is 0 Å². The summed E-state index contributed by atoms with van der Waals surface area (Å²) in [4.78, 5) is 17.3. The molecule has 1 aliphatic carbocycles. The van der Waals surface area contributed by atoms with Crippen molar-refractivity contribution in [2.75, 3.05) is 0 Å². The molecule has 4 rings (SSSR count). The summed E-state index contributed by atoms with van der Waals surface area (Å²) < 4.78 is 0. The van der Waals surface area contributed by atoms with Crippen LogP contribution in [0.4, 0.5) is 0 Å². The number of carbonyl (C=O) groups excluding carboxylic acids is 1. The second kappa shape index (κ2) is 4.32. The predicted octanol–water partition coefficient (Wildman–Crippen LogP) is 4.80. The van der Waals surface area contributed by atoms with Gasteiger partial charge in [-0.05, 0) is 43.3 Å². The van der Waals surface area contributed by atoms with Gasteiger partial charge in [-0.1, -0.05) is 17.7 Å². The maximum Gasteiger partial charge on any atom is 0.168 e. The van der Waals surface area contributed by atoms with Gasteiger partial charge in [0.25, 0.3) is 0 Å². The van der Waals surface area contributed by atoms with Gasteiger partial charge < -0.3 is 4.98 Å². The minimum absolute atomic E-state index is 0.244. The molecule has 2 heterocycles. The third-order valence-electron chi connectivity index (χ3n) is 3.92. The third-order valence-corrected chi connectivity index (χ3v) is 4.80. The number of aromatic amines is 1. The van der Waals surface area contributed by atoms with Gasteiger partial charge in [0, 0.05) is 16.8 Å². The molecule has 0 amide bonds. The van der Waals surface area contributed by atoms with Crippen LogP contribution in [0.2, 0.25) is 0 Å². The second-order valence-corrected chi connectivity index (χ2v) is 6.49. The lowest BCUT2D eigenvalue weighted by Gasteiger charge is -2.01. The van der Waals surface area contributed by atoms with Gasteiger partial charge in [0.05, 0.1) is 16.1 Å². The number of carbonyl (C=O) groups is 1. The van der Waals surface area contributed by atoms with Gasteiger partial charge in [0.1, 0.15) is 0 Å². The first-order valence-corrected chi connectivity index (χ1v) is 7.82. The van der Waals surface area contributed by atoms with Crippen LogP contribution in [0.5, 0.6) is 0 Å². The van der Waals surface area contributed by atoms with E-state index < -0.39 is 0 Å². The zero-order valence-corrected chi connectivity index (χ0v) is 12.1. The van der Waals surface area contributed by atoms with E-state index >= 15 is 0 Å². The van der Waals surface area contributed by atoms with Crippen LogP contribution in [-0.2, 0) is 0 Å². The molecule has 1 aromatic carbocycles. The minimum Gasteiger partial charge on any atom is -0.353 e. The number of ketones is 1. The van der Waals surface area contributed by atoms with E-state index in [9.17, 15) is 4.79 Å². The Kier molecular flexibility index (Phi) is 2.57. The molecule has 20 heavy (non-hydrogen) atoms. The number of H-pyrrole nitrogens is 1. The summed E-state index contributed by atoms with van der Waals surface area (Å²) in [6.45, 7) is 2.07. The molecule has 0 spiro atoms. The van der Waals surface area contributed by atoms with Crippen LogP contribution in [0.25, 0.3) is 21.5 Å². The van der Waals surface area contributed by atoms with E-state index in [4.69, 9.17) is 0 Å². The highest BCUT2D eigenvalue weighted by atomic mass is 32.1. The van der Waals surface area contributed by atoms with Crippen LogP contribution in [0.3, 0.4) is 0 Å². The van der Waals surface area contributed by atoms with Gasteiger partial charge in [0.2, 0.25) is 0 Å². The number of fused-ring (bicyclic) bond motifs is 1. The molecule has 3 heteroatoms. The highest BCUT2D eigenvalue weighted by Gasteiger charge is 2.34. The van der Waals surface area contributed by atoms with Crippen LogP contribution in [0.15, 0.2) is 35.7 Å². The Morgan fingerprint density at radius 1 is 1.30 bits per heavy atom. The number of thiophene rings is 1. The number of Topliss-reactive ketones (excluding diaryl/α,β-unsaturated/α-hetero) is 1. The largest absolute Gasteiger partial charge is 0.353 e. The van der Waals surface area contributed by atoms with Gasteiger partial charge in [-0.15, -0.1) is 11.3 Å². The first-order valence-electron chi connectivity index (χ1n) is 6.94. The SMILES string of the molecule is Cc1ccc2[nH]c(-c3cccs3)c(C(=O)C3CC3)c2c1. The molecule has 0 saturated heterocycles. The maximum absolute atomic E-state index is 12.7. The van der Waals surface area contributed by atoms with E-state index in [1.165, 1.54) is 5.56 Å². The van der Waals surface area contributed by atoms with Crippen LogP contribution < -0.4 is 0 Å². The summed E-state index contributed by atoms with van der Waals surface area (Å²) in [6.07, 6.45) is 2.09. The fourth-order valence-corrected chi connectivity index (χ4v) is 3.45. The van der Waals surface area contributed by atoms with Crippen LogP contribution in [0, 0.1) is 12.8 Å². The summed E-state index contributed by atoms with van der Waals surface area (Å²) in [6, 6.07) is 10.4. The molecule has 0 atom stereocenters. The molecular weight excluding hydrogens is 266 g/mol. The van der Waals surface area contributed by atoms with Crippen molar-refractivity contribution in [2.45, 2.75) is 19.8 Å². The fraction of sp³-hybridized carbons (Fsp3) is 0.235. The van der Waals surface area contributed by atoms with E-state index in [1.807, 2.05) is 6.07 Å². The molecule has 3 aromatic rings. The number of aromatic nitrogens is 1. The molecular formula is C17H15NOS. The number of aryl methyl sites for hydroxylation is 1. The predicted molar refractivity (Wildman–Crippen MR) is 83.4 cm³/mol. The lowest BCUT2D eigenvalue weighted by atomic mass is 10.0. The first kappa shape index (κ1) is 11.9. The van der Waals surface area contributed by atoms with Crippen molar-refractivity contribution >= 4 is 28.0 Å². The van der Waals surface area contributed by atoms with Gasteiger partial charge >= 0.3 is 0 Å². The molecule has 0 bridgehead atoms. The maximum atomic E-state index is 12.7. The number of rotatable bonds is 3. The zero-order valence-electron chi connectivity index (χ0n) is 11.3. The number of nitrogens with one attached hydrogen (secondary N) is 1. The Morgan fingerprint density at radius 3 is 2.85 bits per heavy atom. The standard InChI is InChI=1S/C17H15NOS/c1-10-4-7-13-12(9-10)15(17(19)11-5-6-11)16(18-13)14-3-2-8-20-14/h2-4,7-9,11,18H,5-6H2,1H3.